The van der Waals surface area contributed by atoms with Crippen molar-refractivity contribution in [3.05, 3.63) is 106 Å². The zero-order valence-electron chi connectivity index (χ0n) is 23.9. The van der Waals surface area contributed by atoms with Gasteiger partial charge >= 0.3 is 0 Å². The summed E-state index contributed by atoms with van der Waals surface area (Å²) < 4.78 is 0. The highest BCUT2D eigenvalue weighted by Gasteiger charge is 2.25. The Kier molecular flexibility index (Phi) is 17.1. The number of halogens is 1. The number of nitrogens with zero attached hydrogens (tertiary/aromatic N) is 2. The maximum absolute atomic E-state index is 9.84. The van der Waals surface area contributed by atoms with Crippen molar-refractivity contribution >= 4 is 25.1 Å². The maximum atomic E-state index is 9.84. The number of aliphatic imine (C=N–C) groups is 1. The summed E-state index contributed by atoms with van der Waals surface area (Å²) in [5.41, 5.74) is 8.62. The van der Waals surface area contributed by atoms with Crippen molar-refractivity contribution in [1.82, 2.24) is 5.32 Å². The van der Waals surface area contributed by atoms with Crippen molar-refractivity contribution in [3.8, 4) is 6.07 Å². The molecule has 0 aliphatic rings. The van der Waals surface area contributed by atoms with E-state index in [-0.39, 0.29) is 5.41 Å². The quantitative estimate of drug-likeness (QED) is 0.131. The van der Waals surface area contributed by atoms with Crippen molar-refractivity contribution in [3.63, 3.8) is 0 Å². The van der Waals surface area contributed by atoms with Crippen LogP contribution in [0.3, 0.4) is 0 Å². The molecular weight excluding hydrogens is 490 g/mol. The van der Waals surface area contributed by atoms with Crippen LogP contribution in [0.15, 0.2) is 78.1 Å². The molecule has 4 nitrogen and oxygen atoms in total. The van der Waals surface area contributed by atoms with E-state index in [0.717, 1.165) is 54.6 Å². The van der Waals surface area contributed by atoms with E-state index in [9.17, 15) is 5.26 Å². The van der Waals surface area contributed by atoms with E-state index in [1.54, 1.807) is 0 Å². The normalized spacial score (nSPS) is 11.3. The fourth-order valence-electron chi connectivity index (χ4n) is 4.35. The number of allylic oxidation sites excluding steroid dienone is 3. The third kappa shape index (κ3) is 9.47. The van der Waals surface area contributed by atoms with Gasteiger partial charge in [-0.25, -0.2) is 0 Å². The Hall–Kier alpha value is -3.42. The third-order valence-electron chi connectivity index (χ3n) is 6.56. The second-order valence-corrected chi connectivity index (χ2v) is 9.39. The van der Waals surface area contributed by atoms with E-state index in [1.807, 2.05) is 32.9 Å². The molecule has 0 saturated carbocycles. The van der Waals surface area contributed by atoms with Crippen LogP contribution in [0.25, 0.3) is 0 Å². The summed E-state index contributed by atoms with van der Waals surface area (Å²) in [5, 5.41) is 13.0. The number of rotatable bonds is 12. The van der Waals surface area contributed by atoms with E-state index in [4.69, 9.17) is 16.4 Å². The smallest absolute Gasteiger partial charge is 0.106 e. The van der Waals surface area contributed by atoms with E-state index in [0.29, 0.717) is 5.88 Å². The average molecular weight is 534 g/mol. The first-order valence-electron chi connectivity index (χ1n) is 12.9. The molecule has 1 N–H and O–H groups in total. The lowest BCUT2D eigenvalue weighted by Gasteiger charge is -2.28. The molecule has 0 aromatic heterocycles. The monoisotopic (exact) mass is 533 g/mol. The van der Waals surface area contributed by atoms with Gasteiger partial charge in [-0.2, -0.15) is 5.26 Å². The van der Waals surface area contributed by atoms with Gasteiger partial charge in [-0.1, -0.05) is 57.2 Å². The summed E-state index contributed by atoms with van der Waals surface area (Å²) in [6.45, 7) is 20.4. The van der Waals surface area contributed by atoms with Crippen LogP contribution in [-0.4, -0.2) is 26.4 Å². The molecule has 0 fully saturated rings. The molecule has 0 amide bonds. The SMILES string of the molecule is C=C.C=N/C(CCc1ccc(C(C)(C)c2cc(C#N)c(CCCCl)c(CC)c2)cc1)=C(\C=C/C)NC.C=O. The fourth-order valence-corrected chi connectivity index (χ4v) is 4.49. The van der Waals surface area contributed by atoms with Gasteiger partial charge in [-0.3, -0.25) is 4.99 Å². The van der Waals surface area contributed by atoms with Crippen LogP contribution in [0, 0.1) is 11.3 Å². The van der Waals surface area contributed by atoms with Gasteiger partial charge in [0.2, 0.25) is 0 Å². The molecule has 2 rings (SSSR count). The predicted molar refractivity (Wildman–Crippen MR) is 165 cm³/mol. The van der Waals surface area contributed by atoms with Crippen molar-refractivity contribution in [2.75, 3.05) is 12.9 Å². The molecule has 0 bridgehead atoms. The molecule has 2 aromatic carbocycles. The molecule has 0 unspecified atom stereocenters. The minimum atomic E-state index is -0.210. The molecule has 5 heteroatoms. The van der Waals surface area contributed by atoms with Gasteiger partial charge < -0.3 is 10.1 Å². The van der Waals surface area contributed by atoms with Gasteiger partial charge in [0.1, 0.15) is 6.79 Å². The minimum Gasteiger partial charge on any atom is -0.387 e. The number of likely N-dealkylation sites (N-methyl/N-ethyl adjacent to an activating group) is 1. The van der Waals surface area contributed by atoms with Crippen molar-refractivity contribution < 1.29 is 4.79 Å². The number of benzene rings is 2. The van der Waals surface area contributed by atoms with Gasteiger partial charge in [0, 0.05) is 18.3 Å². The fraction of sp³-hybridized carbons (Fsp3) is 0.364. The van der Waals surface area contributed by atoms with Crippen LogP contribution in [0.1, 0.15) is 73.9 Å². The summed E-state index contributed by atoms with van der Waals surface area (Å²) in [5.74, 6) is 0.610. The Morgan fingerprint density at radius 3 is 2.24 bits per heavy atom. The lowest BCUT2D eigenvalue weighted by atomic mass is 9.75. The summed E-state index contributed by atoms with van der Waals surface area (Å²) >= 11 is 5.92. The maximum Gasteiger partial charge on any atom is 0.106 e. The van der Waals surface area contributed by atoms with Crippen LogP contribution in [-0.2, 0) is 29.5 Å². The van der Waals surface area contributed by atoms with Crippen molar-refractivity contribution in [2.24, 2.45) is 4.99 Å². The topological polar surface area (TPSA) is 65.2 Å². The van der Waals surface area contributed by atoms with Crippen LogP contribution in [0.5, 0.6) is 0 Å². The number of nitrogens with one attached hydrogen (secondary N) is 1. The second kappa shape index (κ2) is 18.8. The largest absolute Gasteiger partial charge is 0.387 e. The second-order valence-electron chi connectivity index (χ2n) is 9.01. The van der Waals surface area contributed by atoms with Gasteiger partial charge in [0.15, 0.2) is 0 Å². The Morgan fingerprint density at radius 2 is 1.76 bits per heavy atom. The third-order valence-corrected chi connectivity index (χ3v) is 6.82. The molecule has 0 atom stereocenters. The lowest BCUT2D eigenvalue weighted by molar-refractivity contribution is -0.0979. The summed E-state index contributed by atoms with van der Waals surface area (Å²) in [7, 11) is 1.91. The number of nitriles is 1. The molecule has 204 valence electrons. The number of carbonyl (C=O) groups is 1. The highest BCUT2D eigenvalue weighted by atomic mass is 35.5. The average Bonchev–Trinajstić information content (AvgIpc) is 2.97. The molecule has 0 aliphatic heterocycles. The molecule has 0 saturated heterocycles. The summed E-state index contributed by atoms with van der Waals surface area (Å²) in [6, 6.07) is 15.6. The van der Waals surface area contributed by atoms with Crippen LogP contribution in [0.2, 0.25) is 0 Å². The highest BCUT2D eigenvalue weighted by molar-refractivity contribution is 6.17. The van der Waals surface area contributed by atoms with Gasteiger partial charge in [-0.05, 0) is 85.7 Å². The van der Waals surface area contributed by atoms with Crippen LogP contribution < -0.4 is 5.32 Å². The Bertz CT molecular complexity index is 1110. The number of hydrogen-bond donors (Lipinski definition) is 1. The number of hydrogen-bond acceptors (Lipinski definition) is 4. The minimum absolute atomic E-state index is 0.210. The highest BCUT2D eigenvalue weighted by Crippen LogP contribution is 2.34. The van der Waals surface area contributed by atoms with Crippen molar-refractivity contribution in [1.29, 1.82) is 5.26 Å². The first-order chi connectivity index (χ1) is 18.4. The summed E-state index contributed by atoms with van der Waals surface area (Å²) in [4.78, 5) is 12.2. The molecule has 0 aliphatic carbocycles. The van der Waals surface area contributed by atoms with Gasteiger partial charge in [-0.15, -0.1) is 24.8 Å². The molecule has 0 radical (unpaired) electrons. The zero-order valence-corrected chi connectivity index (χ0v) is 24.6. The van der Waals surface area contributed by atoms with Crippen molar-refractivity contribution in [2.45, 2.75) is 65.2 Å². The molecular formula is C33H44ClN3O. The van der Waals surface area contributed by atoms with E-state index >= 15 is 0 Å². The number of alkyl halides is 1. The molecule has 0 spiro atoms. The number of aryl methyl sites for hydroxylation is 2. The Morgan fingerprint density at radius 1 is 1.13 bits per heavy atom. The van der Waals surface area contributed by atoms with Gasteiger partial charge in [0.05, 0.1) is 23.0 Å². The lowest BCUT2D eigenvalue weighted by Crippen LogP contribution is -2.20. The van der Waals surface area contributed by atoms with E-state index < -0.39 is 0 Å². The first kappa shape index (κ1) is 34.6. The molecule has 38 heavy (non-hydrogen) atoms. The van der Waals surface area contributed by atoms with Crippen LogP contribution >= 0.6 is 11.6 Å². The van der Waals surface area contributed by atoms with Crippen LogP contribution in [0.4, 0.5) is 0 Å². The summed E-state index contributed by atoms with van der Waals surface area (Å²) in [6.07, 6.45) is 8.38. The van der Waals surface area contributed by atoms with E-state index in [1.165, 1.54) is 22.3 Å². The standard InChI is InChI=1S/C30H38ClN3.C2H4.CH2O/c1-7-10-28(33-5)29(34-6)17-14-22-12-15-25(16-13-22)30(3,4)26-19-23(8-2)27(11-9-18-31)24(20-26)21-32;2*1-2/h7,10,12-13,15-16,19-20,33H,6,8-9,11,14,17-18H2,1-5H3;1-2H2;1H2/b10-7-,29-28+;;. The zero-order chi connectivity index (χ0) is 29.1. The first-order valence-corrected chi connectivity index (χ1v) is 13.4. The Balaban J connectivity index is 0.00000326. The predicted octanol–water partition coefficient (Wildman–Crippen LogP) is 7.88. The molecule has 2 aromatic rings. The Labute approximate surface area is 235 Å². The van der Waals surface area contributed by atoms with Gasteiger partial charge in [0.25, 0.3) is 0 Å². The number of carbonyl (C=O) groups excluding carboxylic acids is 1. The molecule has 0 heterocycles. The van der Waals surface area contributed by atoms with E-state index in [2.05, 4.69) is 93.4 Å².